The Labute approximate surface area is 155 Å². The Morgan fingerprint density at radius 3 is 2.36 bits per heavy atom. The van der Waals surface area contributed by atoms with Crippen LogP contribution in [0, 0.1) is 18.4 Å². The van der Waals surface area contributed by atoms with Crippen LogP contribution < -0.4 is 11.5 Å². The molecule has 1 aromatic carbocycles. The van der Waals surface area contributed by atoms with Crippen LogP contribution in [-0.4, -0.2) is 18.0 Å². The number of aryl methyl sites for hydroxylation is 1. The van der Waals surface area contributed by atoms with Gasteiger partial charge in [0.2, 0.25) is 5.95 Å². The lowest BCUT2D eigenvalue weighted by molar-refractivity contribution is 0.839. The average molecular weight is 371 g/mol. The summed E-state index contributed by atoms with van der Waals surface area (Å²) in [6.07, 6.45) is 1.68. The standard InChI is InChI=1S/C19H26N4SSi/c1-12(2)15-9-13(3)14(7-8-25(4,5)6)10-16(15)24-17-11-22-19(21)23-18(17)20/h9-12H,1-6H3,(H4,20,21,22,23). The van der Waals surface area contributed by atoms with E-state index < -0.39 is 8.07 Å². The van der Waals surface area contributed by atoms with Crippen LogP contribution in [0.2, 0.25) is 19.6 Å². The molecule has 1 aromatic heterocycles. The van der Waals surface area contributed by atoms with Crippen molar-refractivity contribution in [2.24, 2.45) is 0 Å². The number of rotatable bonds is 3. The van der Waals surface area contributed by atoms with E-state index >= 15 is 0 Å². The van der Waals surface area contributed by atoms with Gasteiger partial charge in [-0.05, 0) is 30.0 Å². The van der Waals surface area contributed by atoms with Gasteiger partial charge in [-0.2, -0.15) is 4.98 Å². The van der Waals surface area contributed by atoms with E-state index in [0.717, 1.165) is 15.4 Å². The van der Waals surface area contributed by atoms with Crippen molar-refractivity contribution in [2.75, 3.05) is 11.5 Å². The van der Waals surface area contributed by atoms with Gasteiger partial charge >= 0.3 is 0 Å². The number of aromatic nitrogens is 2. The molecule has 0 bridgehead atoms. The molecular weight excluding hydrogens is 344 g/mol. The quantitative estimate of drug-likeness (QED) is 0.616. The summed E-state index contributed by atoms with van der Waals surface area (Å²) < 4.78 is 0. The molecule has 0 unspecified atom stereocenters. The van der Waals surface area contributed by atoms with E-state index in [4.69, 9.17) is 11.5 Å². The molecule has 0 atom stereocenters. The van der Waals surface area contributed by atoms with Crippen LogP contribution in [0.3, 0.4) is 0 Å². The van der Waals surface area contributed by atoms with Gasteiger partial charge in [0.15, 0.2) is 0 Å². The molecule has 0 amide bonds. The predicted octanol–water partition coefficient (Wildman–Crippen LogP) is 4.45. The number of benzene rings is 1. The van der Waals surface area contributed by atoms with Crippen molar-refractivity contribution < 1.29 is 0 Å². The molecule has 0 aliphatic heterocycles. The Morgan fingerprint density at radius 1 is 1.12 bits per heavy atom. The second kappa shape index (κ2) is 7.50. The van der Waals surface area contributed by atoms with Crippen LogP contribution in [0.15, 0.2) is 28.1 Å². The van der Waals surface area contributed by atoms with Crippen LogP contribution in [0.1, 0.15) is 36.5 Å². The van der Waals surface area contributed by atoms with Crippen LogP contribution in [0.5, 0.6) is 0 Å². The molecule has 4 nitrogen and oxygen atoms in total. The van der Waals surface area contributed by atoms with Crippen molar-refractivity contribution in [1.29, 1.82) is 0 Å². The highest BCUT2D eigenvalue weighted by Crippen LogP contribution is 2.37. The maximum atomic E-state index is 6.00. The van der Waals surface area contributed by atoms with Gasteiger partial charge in [-0.25, -0.2) is 4.98 Å². The highest BCUT2D eigenvalue weighted by atomic mass is 32.2. The first-order valence-electron chi connectivity index (χ1n) is 8.30. The van der Waals surface area contributed by atoms with Gasteiger partial charge in [0.1, 0.15) is 13.9 Å². The first kappa shape index (κ1) is 19.4. The Hall–Kier alpha value is -1.97. The third-order valence-electron chi connectivity index (χ3n) is 3.57. The summed E-state index contributed by atoms with van der Waals surface area (Å²) in [6, 6.07) is 4.40. The van der Waals surface area contributed by atoms with Gasteiger partial charge in [-0.1, -0.05) is 57.2 Å². The second-order valence-corrected chi connectivity index (χ2v) is 13.3. The third-order valence-corrected chi connectivity index (χ3v) is 5.56. The molecular formula is C19H26N4SSi. The SMILES string of the molecule is Cc1cc(C(C)C)c(Sc2cnc(N)nc2N)cc1C#C[Si](C)(C)C. The van der Waals surface area contributed by atoms with Crippen LogP contribution >= 0.6 is 11.8 Å². The van der Waals surface area contributed by atoms with Crippen molar-refractivity contribution in [1.82, 2.24) is 9.97 Å². The predicted molar refractivity (Wildman–Crippen MR) is 110 cm³/mol. The van der Waals surface area contributed by atoms with Crippen LogP contribution in [0.4, 0.5) is 11.8 Å². The van der Waals surface area contributed by atoms with Crippen molar-refractivity contribution in [3.63, 3.8) is 0 Å². The molecule has 0 radical (unpaired) electrons. The molecule has 25 heavy (non-hydrogen) atoms. The lowest BCUT2D eigenvalue weighted by Crippen LogP contribution is -2.16. The molecule has 0 aliphatic carbocycles. The molecule has 0 aliphatic rings. The monoisotopic (exact) mass is 370 g/mol. The highest BCUT2D eigenvalue weighted by Gasteiger charge is 2.14. The largest absolute Gasteiger partial charge is 0.383 e. The molecule has 132 valence electrons. The highest BCUT2D eigenvalue weighted by molar-refractivity contribution is 7.99. The molecule has 2 rings (SSSR count). The molecule has 4 N–H and O–H groups in total. The van der Waals surface area contributed by atoms with Gasteiger partial charge in [0.05, 0.1) is 4.90 Å². The number of anilines is 2. The van der Waals surface area contributed by atoms with Crippen molar-refractivity contribution in [3.8, 4) is 11.5 Å². The topological polar surface area (TPSA) is 77.8 Å². The number of hydrogen-bond acceptors (Lipinski definition) is 5. The van der Waals surface area contributed by atoms with E-state index in [1.54, 1.807) is 18.0 Å². The molecule has 0 saturated carbocycles. The zero-order chi connectivity index (χ0) is 18.8. The Morgan fingerprint density at radius 2 is 1.80 bits per heavy atom. The van der Waals surface area contributed by atoms with E-state index in [-0.39, 0.29) is 5.95 Å². The van der Waals surface area contributed by atoms with Crippen molar-refractivity contribution >= 4 is 31.6 Å². The fourth-order valence-electron chi connectivity index (χ4n) is 2.23. The Bertz CT molecular complexity index is 845. The second-order valence-electron chi connectivity index (χ2n) is 7.44. The number of nitrogen functional groups attached to an aromatic ring is 2. The summed E-state index contributed by atoms with van der Waals surface area (Å²) >= 11 is 1.57. The summed E-state index contributed by atoms with van der Waals surface area (Å²) in [5.74, 6) is 4.38. The van der Waals surface area contributed by atoms with E-state index in [1.807, 2.05) is 0 Å². The van der Waals surface area contributed by atoms with Crippen LogP contribution in [-0.2, 0) is 0 Å². The number of hydrogen-bond donors (Lipinski definition) is 2. The minimum atomic E-state index is -1.43. The third kappa shape index (κ3) is 5.25. The van der Waals surface area contributed by atoms with Crippen molar-refractivity contribution in [2.45, 2.75) is 56.1 Å². The zero-order valence-electron chi connectivity index (χ0n) is 15.8. The summed E-state index contributed by atoms with van der Waals surface area (Å²) in [4.78, 5) is 10.1. The lowest BCUT2D eigenvalue weighted by Gasteiger charge is -2.15. The van der Waals surface area contributed by atoms with E-state index in [2.05, 4.69) is 74.0 Å². The summed E-state index contributed by atoms with van der Waals surface area (Å²) in [7, 11) is -1.43. The van der Waals surface area contributed by atoms with E-state index in [9.17, 15) is 0 Å². The van der Waals surface area contributed by atoms with Gasteiger partial charge in [0.25, 0.3) is 0 Å². The fraction of sp³-hybridized carbons (Fsp3) is 0.368. The molecule has 0 spiro atoms. The maximum absolute atomic E-state index is 6.00. The summed E-state index contributed by atoms with van der Waals surface area (Å²) in [5, 5.41) is 0. The molecule has 6 heteroatoms. The first-order chi connectivity index (χ1) is 11.6. The number of nitrogens with zero attached hydrogens (tertiary/aromatic N) is 2. The fourth-order valence-corrected chi connectivity index (χ4v) is 3.83. The molecule has 0 fully saturated rings. The summed E-state index contributed by atoms with van der Waals surface area (Å²) in [5.41, 5.74) is 18.6. The van der Waals surface area contributed by atoms with Crippen LogP contribution in [0.25, 0.3) is 0 Å². The Balaban J connectivity index is 2.51. The molecule has 0 saturated heterocycles. The van der Waals surface area contributed by atoms with Gasteiger partial charge < -0.3 is 11.5 Å². The Kier molecular flexibility index (Phi) is 5.81. The minimum absolute atomic E-state index is 0.191. The zero-order valence-corrected chi connectivity index (χ0v) is 17.6. The minimum Gasteiger partial charge on any atom is -0.383 e. The normalized spacial score (nSPS) is 11.3. The average Bonchev–Trinajstić information content (AvgIpc) is 2.48. The number of nitrogens with two attached hydrogens (primary N) is 2. The maximum Gasteiger partial charge on any atom is 0.221 e. The first-order valence-corrected chi connectivity index (χ1v) is 12.6. The smallest absolute Gasteiger partial charge is 0.221 e. The molecule has 1 heterocycles. The van der Waals surface area contributed by atoms with E-state index in [0.29, 0.717) is 11.7 Å². The van der Waals surface area contributed by atoms with Gasteiger partial charge in [-0.3, -0.25) is 0 Å². The van der Waals surface area contributed by atoms with E-state index in [1.165, 1.54) is 11.1 Å². The summed E-state index contributed by atoms with van der Waals surface area (Å²) in [6.45, 7) is 13.2. The van der Waals surface area contributed by atoms with Gasteiger partial charge in [-0.15, -0.1) is 5.54 Å². The lowest BCUT2D eigenvalue weighted by atomic mass is 9.98. The molecule has 2 aromatic rings. The van der Waals surface area contributed by atoms with Gasteiger partial charge in [0, 0.05) is 16.7 Å². The van der Waals surface area contributed by atoms with Crippen molar-refractivity contribution in [3.05, 3.63) is 35.0 Å².